The SMILES string of the molecule is Cc1nc2ccc(C3CC(N)CN(C)C3)cc2[nH]1. The highest BCUT2D eigenvalue weighted by Crippen LogP contribution is 2.27. The fourth-order valence-electron chi connectivity index (χ4n) is 3.02. The van der Waals surface area contributed by atoms with Gasteiger partial charge in [0.05, 0.1) is 11.0 Å². The third-order valence-corrected chi connectivity index (χ3v) is 3.76. The quantitative estimate of drug-likeness (QED) is 0.801. The molecule has 1 saturated heterocycles. The van der Waals surface area contributed by atoms with Gasteiger partial charge < -0.3 is 15.6 Å². The molecular weight excluding hydrogens is 224 g/mol. The van der Waals surface area contributed by atoms with Gasteiger partial charge in [0.25, 0.3) is 0 Å². The van der Waals surface area contributed by atoms with E-state index < -0.39 is 0 Å². The van der Waals surface area contributed by atoms with E-state index in [4.69, 9.17) is 5.73 Å². The predicted octanol–water partition coefficient (Wildman–Crippen LogP) is 1.62. The van der Waals surface area contributed by atoms with Crippen LogP contribution in [0.25, 0.3) is 11.0 Å². The van der Waals surface area contributed by atoms with Gasteiger partial charge in [-0.1, -0.05) is 6.07 Å². The van der Waals surface area contributed by atoms with Gasteiger partial charge in [-0.2, -0.15) is 0 Å². The van der Waals surface area contributed by atoms with E-state index in [0.717, 1.165) is 36.4 Å². The zero-order chi connectivity index (χ0) is 12.7. The van der Waals surface area contributed by atoms with E-state index in [0.29, 0.717) is 5.92 Å². The number of piperidine rings is 1. The molecule has 0 bridgehead atoms. The maximum absolute atomic E-state index is 6.11. The first-order valence-electron chi connectivity index (χ1n) is 6.52. The number of likely N-dealkylation sites (N-methyl/N-ethyl adjacent to an activating group) is 1. The number of hydrogen-bond acceptors (Lipinski definition) is 3. The van der Waals surface area contributed by atoms with Crippen LogP contribution in [0.4, 0.5) is 0 Å². The molecule has 2 heterocycles. The summed E-state index contributed by atoms with van der Waals surface area (Å²) in [5.74, 6) is 1.51. The first kappa shape index (κ1) is 11.7. The van der Waals surface area contributed by atoms with Gasteiger partial charge in [-0.3, -0.25) is 0 Å². The van der Waals surface area contributed by atoms with Gasteiger partial charge in [0.1, 0.15) is 5.82 Å². The highest BCUT2D eigenvalue weighted by Gasteiger charge is 2.24. The van der Waals surface area contributed by atoms with Crippen LogP contribution in [-0.4, -0.2) is 41.0 Å². The maximum Gasteiger partial charge on any atom is 0.104 e. The number of imidazole rings is 1. The van der Waals surface area contributed by atoms with Crippen LogP contribution in [0.15, 0.2) is 18.2 Å². The van der Waals surface area contributed by atoms with Crippen molar-refractivity contribution in [3.05, 3.63) is 29.6 Å². The molecular formula is C14H20N4. The highest BCUT2D eigenvalue weighted by atomic mass is 15.1. The Labute approximate surface area is 107 Å². The molecule has 1 aromatic heterocycles. The Hall–Kier alpha value is -1.39. The fraction of sp³-hybridized carbons (Fsp3) is 0.500. The molecule has 3 N–H and O–H groups in total. The van der Waals surface area contributed by atoms with Crippen LogP contribution in [0, 0.1) is 6.92 Å². The summed E-state index contributed by atoms with van der Waals surface area (Å²) in [5.41, 5.74) is 9.65. The largest absolute Gasteiger partial charge is 0.342 e. The molecule has 4 nitrogen and oxygen atoms in total. The van der Waals surface area contributed by atoms with Crippen molar-refractivity contribution in [1.29, 1.82) is 0 Å². The Kier molecular flexibility index (Phi) is 2.84. The van der Waals surface area contributed by atoms with Gasteiger partial charge in [-0.05, 0) is 44.0 Å². The van der Waals surface area contributed by atoms with Crippen molar-refractivity contribution >= 4 is 11.0 Å². The van der Waals surface area contributed by atoms with Crippen LogP contribution in [-0.2, 0) is 0 Å². The second-order valence-electron chi connectivity index (χ2n) is 5.51. The lowest BCUT2D eigenvalue weighted by Crippen LogP contribution is -2.44. The van der Waals surface area contributed by atoms with Crippen LogP contribution in [0.1, 0.15) is 23.7 Å². The summed E-state index contributed by atoms with van der Waals surface area (Å²) in [4.78, 5) is 10.1. The van der Waals surface area contributed by atoms with Gasteiger partial charge in [0, 0.05) is 19.1 Å². The number of likely N-dealkylation sites (tertiary alicyclic amines) is 1. The Balaban J connectivity index is 1.93. The van der Waals surface area contributed by atoms with E-state index in [1.165, 1.54) is 5.56 Å². The number of H-pyrrole nitrogens is 1. The van der Waals surface area contributed by atoms with Crippen LogP contribution in [0.3, 0.4) is 0 Å². The zero-order valence-electron chi connectivity index (χ0n) is 11.0. The number of aryl methyl sites for hydroxylation is 1. The predicted molar refractivity (Wildman–Crippen MR) is 73.7 cm³/mol. The van der Waals surface area contributed by atoms with Crippen molar-refractivity contribution in [1.82, 2.24) is 14.9 Å². The smallest absolute Gasteiger partial charge is 0.104 e. The molecule has 2 unspecified atom stereocenters. The molecule has 4 heteroatoms. The molecule has 0 saturated carbocycles. The summed E-state index contributed by atoms with van der Waals surface area (Å²) < 4.78 is 0. The average molecular weight is 244 g/mol. The summed E-state index contributed by atoms with van der Waals surface area (Å²) >= 11 is 0. The fourth-order valence-corrected chi connectivity index (χ4v) is 3.02. The molecule has 18 heavy (non-hydrogen) atoms. The summed E-state index contributed by atoms with van der Waals surface area (Å²) in [6.45, 7) is 4.08. The Bertz CT molecular complexity index is 550. The molecule has 0 spiro atoms. The zero-order valence-corrected chi connectivity index (χ0v) is 11.0. The molecule has 1 aliphatic heterocycles. The second-order valence-corrected chi connectivity index (χ2v) is 5.51. The molecule has 2 aromatic rings. The monoisotopic (exact) mass is 244 g/mol. The number of hydrogen-bond donors (Lipinski definition) is 2. The Morgan fingerprint density at radius 3 is 3.00 bits per heavy atom. The third kappa shape index (κ3) is 2.13. The maximum atomic E-state index is 6.11. The number of aromatic amines is 1. The van der Waals surface area contributed by atoms with E-state index in [1.807, 2.05) is 6.92 Å². The Morgan fingerprint density at radius 1 is 1.39 bits per heavy atom. The molecule has 0 aliphatic carbocycles. The van der Waals surface area contributed by atoms with Crippen molar-refractivity contribution in [3.63, 3.8) is 0 Å². The minimum atomic E-state index is 0.285. The Morgan fingerprint density at radius 2 is 2.22 bits per heavy atom. The van der Waals surface area contributed by atoms with Crippen molar-refractivity contribution in [2.24, 2.45) is 5.73 Å². The number of nitrogens with zero attached hydrogens (tertiary/aromatic N) is 2. The first-order valence-corrected chi connectivity index (χ1v) is 6.52. The van der Waals surface area contributed by atoms with Crippen LogP contribution in [0.5, 0.6) is 0 Å². The molecule has 1 fully saturated rings. The highest BCUT2D eigenvalue weighted by molar-refractivity contribution is 5.76. The van der Waals surface area contributed by atoms with Gasteiger partial charge >= 0.3 is 0 Å². The molecule has 3 rings (SSSR count). The van der Waals surface area contributed by atoms with Crippen LogP contribution < -0.4 is 5.73 Å². The lowest BCUT2D eigenvalue weighted by molar-refractivity contribution is 0.227. The normalized spacial score (nSPS) is 25.7. The standard InChI is InChI=1S/C14H20N4/c1-9-16-13-4-3-10(6-14(13)17-9)11-5-12(15)8-18(2)7-11/h3-4,6,11-12H,5,7-8,15H2,1-2H3,(H,16,17). The number of aromatic nitrogens is 2. The molecule has 0 amide bonds. The molecule has 2 atom stereocenters. The average Bonchev–Trinajstić information content (AvgIpc) is 2.66. The summed E-state index contributed by atoms with van der Waals surface area (Å²) in [7, 11) is 2.14. The number of nitrogens with two attached hydrogens (primary N) is 1. The van der Waals surface area contributed by atoms with Crippen molar-refractivity contribution in [3.8, 4) is 0 Å². The topological polar surface area (TPSA) is 57.9 Å². The molecule has 1 aromatic carbocycles. The minimum absolute atomic E-state index is 0.285. The molecule has 0 radical (unpaired) electrons. The number of benzene rings is 1. The van der Waals surface area contributed by atoms with Crippen LogP contribution in [0.2, 0.25) is 0 Å². The van der Waals surface area contributed by atoms with Crippen molar-refractivity contribution < 1.29 is 0 Å². The number of fused-ring (bicyclic) bond motifs is 1. The van der Waals surface area contributed by atoms with Gasteiger partial charge in [0.2, 0.25) is 0 Å². The van der Waals surface area contributed by atoms with Gasteiger partial charge in [-0.25, -0.2) is 4.98 Å². The lowest BCUT2D eigenvalue weighted by atomic mass is 9.88. The van der Waals surface area contributed by atoms with E-state index in [2.05, 4.69) is 40.1 Å². The summed E-state index contributed by atoms with van der Waals surface area (Å²) in [6.07, 6.45) is 1.07. The molecule has 96 valence electrons. The first-order chi connectivity index (χ1) is 8.61. The molecule has 1 aliphatic rings. The lowest BCUT2D eigenvalue weighted by Gasteiger charge is -2.34. The number of rotatable bonds is 1. The van der Waals surface area contributed by atoms with Gasteiger partial charge in [-0.15, -0.1) is 0 Å². The van der Waals surface area contributed by atoms with E-state index in [-0.39, 0.29) is 6.04 Å². The van der Waals surface area contributed by atoms with E-state index in [1.54, 1.807) is 0 Å². The third-order valence-electron chi connectivity index (χ3n) is 3.76. The van der Waals surface area contributed by atoms with Crippen LogP contribution >= 0.6 is 0 Å². The van der Waals surface area contributed by atoms with E-state index in [9.17, 15) is 0 Å². The van der Waals surface area contributed by atoms with Crippen molar-refractivity contribution in [2.75, 3.05) is 20.1 Å². The minimum Gasteiger partial charge on any atom is -0.342 e. The summed E-state index contributed by atoms with van der Waals surface area (Å²) in [5, 5.41) is 0. The second kappa shape index (κ2) is 4.37. The van der Waals surface area contributed by atoms with Gasteiger partial charge in [0.15, 0.2) is 0 Å². The van der Waals surface area contributed by atoms with E-state index >= 15 is 0 Å². The number of nitrogens with one attached hydrogen (secondary N) is 1. The van der Waals surface area contributed by atoms with Crippen molar-refractivity contribution in [2.45, 2.75) is 25.3 Å². The summed E-state index contributed by atoms with van der Waals surface area (Å²) in [6, 6.07) is 6.81.